The van der Waals surface area contributed by atoms with Crippen molar-refractivity contribution in [3.8, 4) is 5.75 Å². The summed E-state index contributed by atoms with van der Waals surface area (Å²) in [6.45, 7) is -0.560. The van der Waals surface area contributed by atoms with Gasteiger partial charge in [-0.15, -0.1) is 0 Å². The van der Waals surface area contributed by atoms with Gasteiger partial charge in [0.05, 0.1) is 9.93 Å². The lowest BCUT2D eigenvalue weighted by atomic mass is 10.2. The van der Waals surface area contributed by atoms with E-state index >= 15 is 0 Å². The number of benzene rings is 1. The molecule has 1 aliphatic rings. The number of aliphatic carboxylic acids is 1. The van der Waals surface area contributed by atoms with Gasteiger partial charge in [-0.05, 0) is 18.2 Å². The van der Waals surface area contributed by atoms with E-state index in [1.807, 2.05) is 0 Å². The van der Waals surface area contributed by atoms with E-state index in [4.69, 9.17) is 45.3 Å². The molecule has 1 amide bonds. The van der Waals surface area contributed by atoms with Gasteiger partial charge in [0, 0.05) is 10.6 Å². The molecule has 0 bridgehead atoms. The van der Waals surface area contributed by atoms with Crippen LogP contribution in [0.5, 0.6) is 5.75 Å². The maximum Gasteiger partial charge on any atom is 0.341 e. The zero-order chi connectivity index (χ0) is 15.6. The molecule has 0 radical (unpaired) electrons. The zero-order valence-corrected chi connectivity index (χ0v) is 13.3. The molecule has 1 saturated heterocycles. The third-order valence-corrected chi connectivity index (χ3v) is 3.97. The molecule has 0 saturated carbocycles. The molecule has 9 heteroatoms. The SMILES string of the molecule is O=C(O)COc1c(Cl)cc(Cl)cc1C=C1SC(=S)NC1=O. The van der Waals surface area contributed by atoms with Gasteiger partial charge in [-0.3, -0.25) is 4.79 Å². The molecule has 2 N–H and O–H groups in total. The number of hydrogen-bond acceptors (Lipinski definition) is 5. The van der Waals surface area contributed by atoms with Crippen molar-refractivity contribution in [2.24, 2.45) is 0 Å². The summed E-state index contributed by atoms with van der Waals surface area (Å²) < 4.78 is 5.49. The number of carboxylic acids is 1. The highest BCUT2D eigenvalue weighted by Gasteiger charge is 2.23. The first kappa shape index (κ1) is 16.1. The molecule has 110 valence electrons. The Balaban J connectivity index is 2.41. The average molecular weight is 364 g/mol. The summed E-state index contributed by atoms with van der Waals surface area (Å²) in [4.78, 5) is 22.6. The second kappa shape index (κ2) is 6.65. The smallest absolute Gasteiger partial charge is 0.341 e. The molecule has 1 heterocycles. The lowest BCUT2D eigenvalue weighted by molar-refractivity contribution is -0.139. The van der Waals surface area contributed by atoms with E-state index < -0.39 is 12.6 Å². The summed E-state index contributed by atoms with van der Waals surface area (Å²) in [7, 11) is 0. The number of carbonyl (C=O) groups is 2. The molecule has 5 nitrogen and oxygen atoms in total. The van der Waals surface area contributed by atoms with Crippen LogP contribution in [0.25, 0.3) is 6.08 Å². The van der Waals surface area contributed by atoms with Gasteiger partial charge in [0.1, 0.15) is 10.1 Å². The molecule has 1 aromatic rings. The van der Waals surface area contributed by atoms with E-state index in [0.717, 1.165) is 11.8 Å². The van der Waals surface area contributed by atoms with Crippen LogP contribution < -0.4 is 10.1 Å². The van der Waals surface area contributed by atoms with Crippen molar-refractivity contribution in [3.63, 3.8) is 0 Å². The van der Waals surface area contributed by atoms with Gasteiger partial charge in [-0.2, -0.15) is 0 Å². The first-order valence-electron chi connectivity index (χ1n) is 5.45. The number of rotatable bonds is 4. The van der Waals surface area contributed by atoms with Crippen molar-refractivity contribution >= 4 is 69.5 Å². The zero-order valence-electron chi connectivity index (χ0n) is 10.2. The Labute approximate surface area is 139 Å². The second-order valence-electron chi connectivity index (χ2n) is 3.84. The summed E-state index contributed by atoms with van der Waals surface area (Å²) in [5.41, 5.74) is 0.399. The first-order chi connectivity index (χ1) is 9.86. The quantitative estimate of drug-likeness (QED) is 0.632. The Kier molecular flexibility index (Phi) is 5.10. The van der Waals surface area contributed by atoms with Gasteiger partial charge in [0.15, 0.2) is 6.61 Å². The van der Waals surface area contributed by atoms with Crippen LogP contribution in [0, 0.1) is 0 Å². The van der Waals surface area contributed by atoms with Crippen LogP contribution in [-0.4, -0.2) is 27.9 Å². The van der Waals surface area contributed by atoms with Crippen LogP contribution >= 0.6 is 47.2 Å². The highest BCUT2D eigenvalue weighted by molar-refractivity contribution is 8.26. The van der Waals surface area contributed by atoms with E-state index in [9.17, 15) is 9.59 Å². The molecule has 2 rings (SSSR count). The van der Waals surface area contributed by atoms with E-state index in [1.165, 1.54) is 18.2 Å². The summed E-state index contributed by atoms with van der Waals surface area (Å²) in [5, 5.41) is 11.6. The largest absolute Gasteiger partial charge is 0.480 e. The Morgan fingerprint density at radius 3 is 2.76 bits per heavy atom. The third-order valence-electron chi connectivity index (χ3n) is 2.31. The Morgan fingerprint density at radius 2 is 2.19 bits per heavy atom. The number of thiocarbonyl (C=S) groups is 1. The average Bonchev–Trinajstić information content (AvgIpc) is 2.66. The van der Waals surface area contributed by atoms with Gasteiger partial charge in [-0.25, -0.2) is 4.79 Å². The molecule has 1 aromatic carbocycles. The molecule has 21 heavy (non-hydrogen) atoms. The predicted octanol–water partition coefficient (Wildman–Crippen LogP) is 2.95. The minimum atomic E-state index is -1.14. The van der Waals surface area contributed by atoms with Crippen molar-refractivity contribution < 1.29 is 19.4 Å². The number of ether oxygens (including phenoxy) is 1. The molecule has 1 fully saturated rings. The normalized spacial score (nSPS) is 16.2. The molecule has 1 aliphatic heterocycles. The molecular formula is C12H7Cl2NO4S2. The standard InChI is InChI=1S/C12H7Cl2NO4S2/c13-6-1-5(2-8-11(18)15-12(20)21-8)10(7(14)3-6)19-4-9(16)17/h1-3H,4H2,(H,16,17)(H,15,18,20). The fourth-order valence-corrected chi connectivity index (χ4v) is 3.13. The van der Waals surface area contributed by atoms with Gasteiger partial charge in [-0.1, -0.05) is 47.2 Å². The predicted molar refractivity (Wildman–Crippen MR) is 85.9 cm³/mol. The van der Waals surface area contributed by atoms with E-state index in [2.05, 4.69) is 5.32 Å². The van der Waals surface area contributed by atoms with E-state index in [0.29, 0.717) is 19.8 Å². The highest BCUT2D eigenvalue weighted by atomic mass is 35.5. The second-order valence-corrected chi connectivity index (χ2v) is 6.40. The maximum absolute atomic E-state index is 11.6. The van der Waals surface area contributed by atoms with Gasteiger partial charge < -0.3 is 15.2 Å². The van der Waals surface area contributed by atoms with Crippen molar-refractivity contribution in [1.82, 2.24) is 5.32 Å². The third kappa shape index (κ3) is 4.10. The number of hydrogen-bond donors (Lipinski definition) is 2. The van der Waals surface area contributed by atoms with E-state index in [-0.39, 0.29) is 16.7 Å². The van der Waals surface area contributed by atoms with E-state index in [1.54, 1.807) is 0 Å². The molecular weight excluding hydrogens is 357 g/mol. The topological polar surface area (TPSA) is 75.6 Å². The van der Waals surface area contributed by atoms with Crippen molar-refractivity contribution in [1.29, 1.82) is 0 Å². The lowest BCUT2D eigenvalue weighted by Crippen LogP contribution is -2.17. The minimum absolute atomic E-state index is 0.141. The monoisotopic (exact) mass is 363 g/mol. The Hall–Kier alpha value is -1.28. The number of amides is 1. The number of carbonyl (C=O) groups excluding carboxylic acids is 1. The lowest BCUT2D eigenvalue weighted by Gasteiger charge is -2.10. The number of carboxylic acid groups (broad SMARTS) is 1. The van der Waals surface area contributed by atoms with Gasteiger partial charge >= 0.3 is 5.97 Å². The van der Waals surface area contributed by atoms with Crippen molar-refractivity contribution in [2.75, 3.05) is 6.61 Å². The summed E-state index contributed by atoms with van der Waals surface area (Å²) in [6, 6.07) is 2.95. The van der Waals surface area contributed by atoms with Crippen LogP contribution in [0.1, 0.15) is 5.56 Å². The number of thioether (sulfide) groups is 1. The van der Waals surface area contributed by atoms with Gasteiger partial charge in [0.25, 0.3) is 5.91 Å². The first-order valence-corrected chi connectivity index (χ1v) is 7.43. The minimum Gasteiger partial charge on any atom is -0.480 e. The maximum atomic E-state index is 11.6. The van der Waals surface area contributed by atoms with Crippen LogP contribution in [-0.2, 0) is 9.59 Å². The summed E-state index contributed by atoms with van der Waals surface area (Å²) in [5.74, 6) is -1.35. The molecule has 0 aliphatic carbocycles. The number of halogens is 2. The van der Waals surface area contributed by atoms with Gasteiger partial charge in [0.2, 0.25) is 0 Å². The molecule has 0 unspecified atom stereocenters. The molecule has 0 spiro atoms. The molecule has 0 aromatic heterocycles. The van der Waals surface area contributed by atoms with Crippen LogP contribution in [0.3, 0.4) is 0 Å². The Morgan fingerprint density at radius 1 is 1.48 bits per heavy atom. The van der Waals surface area contributed by atoms with Crippen molar-refractivity contribution in [3.05, 3.63) is 32.6 Å². The highest BCUT2D eigenvalue weighted by Crippen LogP contribution is 2.36. The fraction of sp³-hybridized carbons (Fsp3) is 0.0833. The summed E-state index contributed by atoms with van der Waals surface area (Å²) in [6.07, 6.45) is 1.49. The number of nitrogens with one attached hydrogen (secondary N) is 1. The van der Waals surface area contributed by atoms with Crippen LogP contribution in [0.2, 0.25) is 10.0 Å². The Bertz CT molecular complexity index is 675. The van der Waals surface area contributed by atoms with Crippen molar-refractivity contribution in [2.45, 2.75) is 0 Å². The van der Waals surface area contributed by atoms with Crippen LogP contribution in [0.4, 0.5) is 0 Å². The molecule has 0 atom stereocenters. The van der Waals surface area contributed by atoms with Crippen LogP contribution in [0.15, 0.2) is 17.0 Å². The summed E-state index contributed by atoms with van der Waals surface area (Å²) >= 11 is 17.9. The fourth-order valence-electron chi connectivity index (χ4n) is 1.54.